The fourth-order valence-corrected chi connectivity index (χ4v) is 2.42. The molecule has 1 aliphatic carbocycles. The molecular formula is C13H18N2O3. The summed E-state index contributed by atoms with van der Waals surface area (Å²) in [6, 6.07) is 4.95. The van der Waals surface area contributed by atoms with Crippen molar-refractivity contribution in [2.75, 3.05) is 6.61 Å². The second kappa shape index (κ2) is 5.46. The van der Waals surface area contributed by atoms with E-state index >= 15 is 0 Å². The second-order valence-electron chi connectivity index (χ2n) is 4.82. The Hall–Kier alpha value is -1.46. The lowest BCUT2D eigenvalue weighted by atomic mass is 9.99. The van der Waals surface area contributed by atoms with Gasteiger partial charge in [0.2, 0.25) is 0 Å². The molecular weight excluding hydrogens is 232 g/mol. The van der Waals surface area contributed by atoms with E-state index in [9.17, 15) is 9.90 Å². The van der Waals surface area contributed by atoms with Crippen molar-refractivity contribution in [2.45, 2.75) is 37.8 Å². The summed E-state index contributed by atoms with van der Waals surface area (Å²) in [6.45, 7) is 0.604. The molecule has 5 heteroatoms. The number of aromatic nitrogens is 1. The van der Waals surface area contributed by atoms with Crippen molar-refractivity contribution in [3.05, 3.63) is 29.6 Å². The van der Waals surface area contributed by atoms with Crippen LogP contribution in [0, 0.1) is 0 Å². The predicted octanol–water partition coefficient (Wildman–Crippen LogP) is 1.17. The predicted molar refractivity (Wildman–Crippen MR) is 66.3 cm³/mol. The van der Waals surface area contributed by atoms with Crippen LogP contribution in [0.3, 0.4) is 0 Å². The average molecular weight is 250 g/mol. The molecule has 18 heavy (non-hydrogen) atoms. The van der Waals surface area contributed by atoms with Gasteiger partial charge < -0.3 is 15.5 Å². The van der Waals surface area contributed by atoms with E-state index in [2.05, 4.69) is 10.3 Å². The standard InChI is InChI=1S/C13H18N2O3/c16-9-13(6-1-2-7-13)14-8-10-4-3-5-11(15-10)12(17)18/h3-5,14,16H,1-2,6-9H2,(H,17,18). The molecule has 1 aromatic heterocycles. The summed E-state index contributed by atoms with van der Waals surface area (Å²) in [5.41, 5.74) is 0.536. The SMILES string of the molecule is O=C(O)c1cccc(CNC2(CO)CCCC2)n1. The van der Waals surface area contributed by atoms with Gasteiger partial charge in [-0.25, -0.2) is 9.78 Å². The summed E-state index contributed by atoms with van der Waals surface area (Å²) in [5, 5.41) is 21.6. The Morgan fingerprint density at radius 1 is 1.39 bits per heavy atom. The topological polar surface area (TPSA) is 82.5 Å². The normalized spacial score (nSPS) is 17.8. The zero-order valence-corrected chi connectivity index (χ0v) is 10.2. The second-order valence-corrected chi connectivity index (χ2v) is 4.82. The van der Waals surface area contributed by atoms with Gasteiger partial charge in [-0.1, -0.05) is 18.9 Å². The molecule has 1 aliphatic rings. The Kier molecular flexibility index (Phi) is 3.93. The molecule has 0 amide bonds. The van der Waals surface area contributed by atoms with Crippen LogP contribution < -0.4 is 5.32 Å². The van der Waals surface area contributed by atoms with Gasteiger partial charge >= 0.3 is 5.97 Å². The number of aromatic carboxylic acids is 1. The van der Waals surface area contributed by atoms with E-state index in [0.717, 1.165) is 25.7 Å². The van der Waals surface area contributed by atoms with Crippen LogP contribution in [-0.4, -0.2) is 33.3 Å². The van der Waals surface area contributed by atoms with E-state index in [1.807, 2.05) is 0 Å². The number of nitrogens with zero attached hydrogens (tertiary/aromatic N) is 1. The van der Waals surface area contributed by atoms with Crippen LogP contribution in [0.4, 0.5) is 0 Å². The maximum atomic E-state index is 10.8. The molecule has 0 aliphatic heterocycles. The molecule has 3 N–H and O–H groups in total. The molecule has 0 aromatic carbocycles. The van der Waals surface area contributed by atoms with Crippen LogP contribution in [0.5, 0.6) is 0 Å². The monoisotopic (exact) mass is 250 g/mol. The number of aliphatic hydroxyl groups excluding tert-OH is 1. The Balaban J connectivity index is 2.01. The maximum Gasteiger partial charge on any atom is 0.354 e. The van der Waals surface area contributed by atoms with Crippen LogP contribution in [-0.2, 0) is 6.54 Å². The molecule has 1 aromatic rings. The van der Waals surface area contributed by atoms with Gasteiger partial charge in [0, 0.05) is 12.1 Å². The zero-order chi connectivity index (χ0) is 13.0. The van der Waals surface area contributed by atoms with E-state index in [4.69, 9.17) is 5.11 Å². The highest BCUT2D eigenvalue weighted by Gasteiger charge is 2.32. The smallest absolute Gasteiger partial charge is 0.354 e. The minimum Gasteiger partial charge on any atom is -0.477 e. The van der Waals surface area contributed by atoms with Crippen LogP contribution in [0.2, 0.25) is 0 Å². The lowest BCUT2D eigenvalue weighted by molar-refractivity contribution is 0.0690. The fourth-order valence-electron chi connectivity index (χ4n) is 2.42. The third-order valence-corrected chi connectivity index (χ3v) is 3.53. The number of nitrogens with one attached hydrogen (secondary N) is 1. The Morgan fingerprint density at radius 2 is 2.11 bits per heavy atom. The van der Waals surface area contributed by atoms with Crippen molar-refractivity contribution < 1.29 is 15.0 Å². The number of aliphatic hydroxyl groups is 1. The first kappa shape index (κ1) is 13.0. The van der Waals surface area contributed by atoms with Gasteiger partial charge in [0.1, 0.15) is 5.69 Å². The highest BCUT2D eigenvalue weighted by molar-refractivity contribution is 5.85. The minimum absolute atomic E-state index is 0.0544. The first-order chi connectivity index (χ1) is 8.65. The molecule has 0 bridgehead atoms. The molecule has 0 atom stereocenters. The lowest BCUT2D eigenvalue weighted by Crippen LogP contribution is -2.45. The highest BCUT2D eigenvalue weighted by Crippen LogP contribution is 2.29. The molecule has 98 valence electrons. The molecule has 0 spiro atoms. The van der Waals surface area contributed by atoms with Crippen molar-refractivity contribution in [3.63, 3.8) is 0 Å². The van der Waals surface area contributed by atoms with Crippen molar-refractivity contribution in [2.24, 2.45) is 0 Å². The first-order valence-electron chi connectivity index (χ1n) is 6.20. The fraction of sp³-hybridized carbons (Fsp3) is 0.538. The number of pyridine rings is 1. The van der Waals surface area contributed by atoms with E-state index in [1.165, 1.54) is 6.07 Å². The average Bonchev–Trinajstić information content (AvgIpc) is 2.86. The van der Waals surface area contributed by atoms with Crippen molar-refractivity contribution >= 4 is 5.97 Å². The van der Waals surface area contributed by atoms with Crippen molar-refractivity contribution in [1.82, 2.24) is 10.3 Å². The minimum atomic E-state index is -1.02. The summed E-state index contributed by atoms with van der Waals surface area (Å²) < 4.78 is 0. The van der Waals surface area contributed by atoms with Crippen molar-refractivity contribution in [1.29, 1.82) is 0 Å². The third kappa shape index (κ3) is 2.86. The molecule has 1 heterocycles. The zero-order valence-electron chi connectivity index (χ0n) is 10.2. The third-order valence-electron chi connectivity index (χ3n) is 3.53. The van der Waals surface area contributed by atoms with E-state index in [1.54, 1.807) is 12.1 Å². The van der Waals surface area contributed by atoms with E-state index in [-0.39, 0.29) is 17.8 Å². The van der Waals surface area contributed by atoms with Crippen LogP contribution in [0.1, 0.15) is 41.9 Å². The van der Waals surface area contributed by atoms with Gasteiger partial charge in [-0.3, -0.25) is 0 Å². The summed E-state index contributed by atoms with van der Waals surface area (Å²) in [6.07, 6.45) is 4.16. The Morgan fingerprint density at radius 3 is 2.72 bits per heavy atom. The Labute approximate surface area is 106 Å². The largest absolute Gasteiger partial charge is 0.477 e. The highest BCUT2D eigenvalue weighted by atomic mass is 16.4. The molecule has 1 saturated carbocycles. The van der Waals surface area contributed by atoms with Crippen LogP contribution in [0.15, 0.2) is 18.2 Å². The quantitative estimate of drug-likeness (QED) is 0.731. The van der Waals surface area contributed by atoms with Crippen LogP contribution >= 0.6 is 0 Å². The van der Waals surface area contributed by atoms with Gasteiger partial charge in [0.25, 0.3) is 0 Å². The van der Waals surface area contributed by atoms with E-state index < -0.39 is 5.97 Å². The lowest BCUT2D eigenvalue weighted by Gasteiger charge is -2.27. The number of carboxylic acid groups (broad SMARTS) is 1. The summed E-state index contributed by atoms with van der Waals surface area (Å²) >= 11 is 0. The molecule has 1 fully saturated rings. The molecule has 2 rings (SSSR count). The number of hydrogen-bond acceptors (Lipinski definition) is 4. The number of carboxylic acids is 1. The van der Waals surface area contributed by atoms with Gasteiger partial charge in [-0.05, 0) is 25.0 Å². The summed E-state index contributed by atoms with van der Waals surface area (Å²) in [4.78, 5) is 14.9. The van der Waals surface area contributed by atoms with Crippen LogP contribution in [0.25, 0.3) is 0 Å². The van der Waals surface area contributed by atoms with Gasteiger partial charge in [0.15, 0.2) is 0 Å². The van der Waals surface area contributed by atoms with Crippen molar-refractivity contribution in [3.8, 4) is 0 Å². The first-order valence-corrected chi connectivity index (χ1v) is 6.20. The van der Waals surface area contributed by atoms with Gasteiger partial charge in [-0.15, -0.1) is 0 Å². The molecule has 5 nitrogen and oxygen atoms in total. The number of carbonyl (C=O) groups is 1. The summed E-state index contributed by atoms with van der Waals surface area (Å²) in [7, 11) is 0. The maximum absolute atomic E-state index is 10.8. The summed E-state index contributed by atoms with van der Waals surface area (Å²) in [5.74, 6) is -1.02. The molecule has 0 radical (unpaired) electrons. The van der Waals surface area contributed by atoms with E-state index in [0.29, 0.717) is 12.2 Å². The number of rotatable bonds is 5. The van der Waals surface area contributed by atoms with Gasteiger partial charge in [-0.2, -0.15) is 0 Å². The molecule has 0 saturated heterocycles. The molecule has 0 unspecified atom stereocenters. The number of hydrogen-bond donors (Lipinski definition) is 3. The Bertz CT molecular complexity index is 428. The van der Waals surface area contributed by atoms with Gasteiger partial charge in [0.05, 0.1) is 12.3 Å².